The van der Waals surface area contributed by atoms with E-state index in [1.807, 2.05) is 50.3 Å². The van der Waals surface area contributed by atoms with Crippen molar-refractivity contribution in [2.45, 2.75) is 99.5 Å². The van der Waals surface area contributed by atoms with Crippen molar-refractivity contribution in [3.63, 3.8) is 0 Å². The Labute approximate surface area is 349 Å². The number of rotatable bonds is 8. The number of hydrogen-bond acceptors (Lipinski definition) is 12. The Kier molecular flexibility index (Phi) is 9.58. The number of anilines is 1. The van der Waals surface area contributed by atoms with E-state index < -0.39 is 63.5 Å². The molecule has 14 nitrogen and oxygen atoms in total. The highest BCUT2D eigenvalue weighted by Gasteiger charge is 2.81. The molecule has 1 unspecified atom stereocenters. The van der Waals surface area contributed by atoms with Gasteiger partial charge in [-0.05, 0) is 74.2 Å². The summed E-state index contributed by atoms with van der Waals surface area (Å²) in [5.74, 6) is -2.06. The minimum Gasteiger partial charge on any atom is -0.496 e. The van der Waals surface area contributed by atoms with Crippen LogP contribution in [0.4, 0.5) is 5.69 Å². The van der Waals surface area contributed by atoms with Crippen LogP contribution in [0.3, 0.4) is 0 Å². The molecule has 2 aromatic carbocycles. The summed E-state index contributed by atoms with van der Waals surface area (Å²) in [5.41, 5.74) is -3.15. The predicted octanol–water partition coefficient (Wildman–Crippen LogP) is 3.52. The quantitative estimate of drug-likeness (QED) is 0.131. The van der Waals surface area contributed by atoms with Gasteiger partial charge in [0.1, 0.15) is 11.2 Å². The molecule has 2 bridgehead atoms. The van der Waals surface area contributed by atoms with Crippen molar-refractivity contribution < 1.29 is 48.3 Å². The SMILES string of the molecule is CC[C@]1(O)C[C@H]2CN(CCc3c([nH]c4ccccc34)[C@@](C(=O)OC)(c3cc4c(cc3OC)N(C=O)[C@H]3[C@@](O)(C(=O)OC)[C@@H](OC(C)=O)[C@]5(CC)C=CCN6CC[C@]43[C@@H]65)C2)C1. The zero-order valence-electron chi connectivity index (χ0n) is 35.3. The Morgan fingerprint density at radius 3 is 2.42 bits per heavy atom. The zero-order valence-corrected chi connectivity index (χ0v) is 35.3. The normalized spacial score (nSPS) is 36.5. The third kappa shape index (κ3) is 5.19. The van der Waals surface area contributed by atoms with E-state index in [9.17, 15) is 24.6 Å². The van der Waals surface area contributed by atoms with E-state index in [4.69, 9.17) is 18.9 Å². The molecule has 3 fully saturated rings. The van der Waals surface area contributed by atoms with E-state index in [0.29, 0.717) is 99.5 Å². The molecule has 3 aromatic rings. The van der Waals surface area contributed by atoms with Crippen LogP contribution in [0, 0.1) is 11.3 Å². The predicted molar refractivity (Wildman–Crippen MR) is 221 cm³/mol. The number of nitrogens with one attached hydrogen (secondary N) is 1. The number of ether oxygens (including phenoxy) is 4. The third-order valence-corrected chi connectivity index (χ3v) is 15.5. The van der Waals surface area contributed by atoms with E-state index in [2.05, 4.69) is 20.9 Å². The fraction of sp³-hybridized carbons (Fsp3) is 0.565. The summed E-state index contributed by atoms with van der Waals surface area (Å²) in [6.07, 6.45) is 5.83. The Bertz CT molecular complexity index is 2310. The van der Waals surface area contributed by atoms with Crippen molar-refractivity contribution in [3.05, 3.63) is 70.9 Å². The number of methoxy groups -OCH3 is 3. The number of nitrogens with zero attached hydrogens (tertiary/aromatic N) is 3. The van der Waals surface area contributed by atoms with E-state index >= 15 is 4.79 Å². The maximum absolute atomic E-state index is 15.3. The molecule has 60 heavy (non-hydrogen) atoms. The Balaban J connectivity index is 1.38. The second-order valence-electron chi connectivity index (χ2n) is 18.1. The maximum atomic E-state index is 15.3. The van der Waals surface area contributed by atoms with Gasteiger partial charge in [-0.1, -0.05) is 44.2 Å². The van der Waals surface area contributed by atoms with Crippen LogP contribution in [0.5, 0.6) is 5.75 Å². The highest BCUT2D eigenvalue weighted by Crippen LogP contribution is 2.68. The minimum absolute atomic E-state index is 0.155. The lowest BCUT2D eigenvalue weighted by atomic mass is 9.47. The average molecular weight is 825 g/mol. The van der Waals surface area contributed by atoms with Crippen LogP contribution in [-0.4, -0.2) is 133 Å². The smallest absolute Gasteiger partial charge is 0.344 e. The van der Waals surface area contributed by atoms with Crippen molar-refractivity contribution in [1.29, 1.82) is 0 Å². The molecule has 9 rings (SSSR count). The van der Waals surface area contributed by atoms with E-state index in [1.165, 1.54) is 33.2 Å². The molecule has 0 radical (unpaired) electrons. The second-order valence-corrected chi connectivity index (χ2v) is 18.1. The minimum atomic E-state index is -2.53. The average Bonchev–Trinajstić information content (AvgIpc) is 3.92. The fourth-order valence-corrected chi connectivity index (χ4v) is 13.4. The summed E-state index contributed by atoms with van der Waals surface area (Å²) in [6.45, 7) is 8.16. The second kappa shape index (κ2) is 14.1. The van der Waals surface area contributed by atoms with Crippen LogP contribution in [0.1, 0.15) is 75.3 Å². The van der Waals surface area contributed by atoms with E-state index in [-0.39, 0.29) is 12.3 Å². The van der Waals surface area contributed by atoms with Crippen LogP contribution >= 0.6 is 0 Å². The van der Waals surface area contributed by atoms with Gasteiger partial charge < -0.3 is 39.0 Å². The summed E-state index contributed by atoms with van der Waals surface area (Å²) < 4.78 is 23.7. The highest BCUT2D eigenvalue weighted by atomic mass is 16.6. The van der Waals surface area contributed by atoms with E-state index in [0.717, 1.165) is 16.5 Å². The van der Waals surface area contributed by atoms with Gasteiger partial charge in [-0.15, -0.1) is 0 Å². The molecule has 1 spiro atoms. The summed E-state index contributed by atoms with van der Waals surface area (Å²) in [5, 5.41) is 26.3. The van der Waals surface area contributed by atoms with Gasteiger partial charge in [-0.25, -0.2) is 4.79 Å². The molecule has 1 aromatic heterocycles. The molecule has 3 N–H and O–H groups in total. The fourth-order valence-electron chi connectivity index (χ4n) is 13.4. The number of H-pyrrole nitrogens is 1. The first-order valence-corrected chi connectivity index (χ1v) is 21.3. The van der Waals surface area contributed by atoms with Gasteiger partial charge in [0.2, 0.25) is 12.0 Å². The van der Waals surface area contributed by atoms with Crippen LogP contribution in [0.25, 0.3) is 10.9 Å². The Morgan fingerprint density at radius 2 is 1.73 bits per heavy atom. The summed E-state index contributed by atoms with van der Waals surface area (Å²) in [7, 11) is 4.09. The number of benzene rings is 2. The summed E-state index contributed by atoms with van der Waals surface area (Å²) in [6, 6.07) is 9.97. The number of fused-ring (bicyclic) bond motifs is 6. The number of aromatic amines is 1. The maximum Gasteiger partial charge on any atom is 0.344 e. The topological polar surface area (TPSA) is 171 Å². The van der Waals surface area contributed by atoms with Crippen molar-refractivity contribution in [3.8, 4) is 5.75 Å². The van der Waals surface area contributed by atoms with Gasteiger partial charge in [0.15, 0.2) is 6.10 Å². The van der Waals surface area contributed by atoms with Gasteiger partial charge in [-0.3, -0.25) is 24.2 Å². The van der Waals surface area contributed by atoms with Gasteiger partial charge in [-0.2, -0.15) is 0 Å². The molecule has 5 aliphatic heterocycles. The molecular weight excluding hydrogens is 769 g/mol. The number of amides is 1. The molecular formula is C46H56N4O10. The molecule has 14 heteroatoms. The molecule has 2 saturated heterocycles. The molecule has 6 heterocycles. The van der Waals surface area contributed by atoms with Crippen molar-refractivity contribution in [2.75, 3.05) is 59.0 Å². The number of aromatic nitrogens is 1. The molecule has 1 amide bonds. The van der Waals surface area contributed by atoms with E-state index in [1.54, 1.807) is 6.07 Å². The number of piperidine rings is 1. The number of hydrogen-bond donors (Lipinski definition) is 3. The molecule has 1 saturated carbocycles. The number of aliphatic hydroxyl groups is 2. The van der Waals surface area contributed by atoms with Crippen molar-refractivity contribution in [1.82, 2.24) is 14.8 Å². The lowest BCUT2D eigenvalue weighted by molar-refractivity contribution is -0.228. The first-order valence-electron chi connectivity index (χ1n) is 21.3. The zero-order chi connectivity index (χ0) is 42.6. The number of para-hydroxylation sites is 1. The van der Waals surface area contributed by atoms with Crippen LogP contribution in [0.2, 0.25) is 0 Å². The van der Waals surface area contributed by atoms with Crippen molar-refractivity contribution >= 4 is 40.9 Å². The van der Waals surface area contributed by atoms with Gasteiger partial charge in [0.25, 0.3) is 0 Å². The first kappa shape index (κ1) is 40.6. The highest BCUT2D eigenvalue weighted by molar-refractivity contribution is 5.96. The number of esters is 3. The van der Waals surface area contributed by atoms with Crippen LogP contribution < -0.4 is 9.64 Å². The van der Waals surface area contributed by atoms with Crippen LogP contribution in [0.15, 0.2) is 48.6 Å². The van der Waals surface area contributed by atoms with Gasteiger partial charge in [0.05, 0.1) is 38.7 Å². The van der Waals surface area contributed by atoms with Gasteiger partial charge >= 0.3 is 17.9 Å². The molecule has 320 valence electrons. The van der Waals surface area contributed by atoms with Gasteiger partial charge in [0, 0.05) is 78.2 Å². The van der Waals surface area contributed by atoms with Crippen LogP contribution in [-0.2, 0) is 50.6 Å². The monoisotopic (exact) mass is 824 g/mol. The number of carbonyl (C=O) groups is 4. The Morgan fingerprint density at radius 1 is 0.967 bits per heavy atom. The van der Waals surface area contributed by atoms with Crippen molar-refractivity contribution in [2.24, 2.45) is 11.3 Å². The largest absolute Gasteiger partial charge is 0.496 e. The molecule has 1 aliphatic carbocycles. The lowest BCUT2D eigenvalue weighted by Crippen LogP contribution is -2.81. The lowest BCUT2D eigenvalue weighted by Gasteiger charge is -2.63. The number of carbonyl (C=O) groups excluding carboxylic acids is 4. The standard InChI is InChI=1S/C46H56N4O10/c1-7-42(55)22-28-23-45(40(53)58-5,36-30(14-18-48(24-28)25-42)29-12-9-10-13-33(29)47-36)32-20-31-34(21-35(32)57-4)50(26-51)38-44(31)16-19-49-17-11-15-43(8-2,37(44)49)39(60-27(3)52)46(38,56)41(54)59-6/h9-13,15,20-21,26,28,37-39,47,55-56H,7-8,14,16-19,22-25H2,1-6H3/t28-,37+,38-,39+,42+,43-,44-,45+,46+/m1/s1. The molecule has 6 aliphatic rings. The third-order valence-electron chi connectivity index (χ3n) is 15.5. The summed E-state index contributed by atoms with van der Waals surface area (Å²) in [4.78, 5) is 66.1. The Hall–Kier alpha value is -4.76. The summed E-state index contributed by atoms with van der Waals surface area (Å²) >= 11 is 0. The molecule has 10 atom stereocenters. The first-order chi connectivity index (χ1) is 28.8.